The number of nitrogens with two attached hydrogens (primary N) is 1. The van der Waals surface area contributed by atoms with Gasteiger partial charge in [-0.3, -0.25) is 0 Å². The molecule has 1 heterocycles. The highest BCUT2D eigenvalue weighted by atomic mass is 16.5. The lowest BCUT2D eigenvalue weighted by Gasteiger charge is -2.22. The summed E-state index contributed by atoms with van der Waals surface area (Å²) in [4.78, 5) is 4.29. The highest BCUT2D eigenvalue weighted by Gasteiger charge is 2.26. The maximum absolute atomic E-state index is 5.80. The van der Waals surface area contributed by atoms with E-state index < -0.39 is 0 Å². The summed E-state index contributed by atoms with van der Waals surface area (Å²) < 4.78 is 11.6. The fourth-order valence-corrected chi connectivity index (χ4v) is 1.40. The lowest BCUT2D eigenvalue weighted by atomic mass is 10.2. The van der Waals surface area contributed by atoms with Crippen LogP contribution in [0.2, 0.25) is 0 Å². The van der Waals surface area contributed by atoms with E-state index in [0.29, 0.717) is 24.3 Å². The van der Waals surface area contributed by atoms with Gasteiger partial charge in [-0.05, 0) is 45.2 Å². The van der Waals surface area contributed by atoms with Gasteiger partial charge in [-0.2, -0.15) is 0 Å². The number of nitrogens with zero attached hydrogens (tertiary/aromatic N) is 1. The van der Waals surface area contributed by atoms with E-state index in [2.05, 4.69) is 4.98 Å². The first-order valence-corrected chi connectivity index (χ1v) is 6.02. The third kappa shape index (κ3) is 3.60. The lowest BCUT2D eigenvalue weighted by molar-refractivity contribution is 0.115. The van der Waals surface area contributed by atoms with Gasteiger partial charge >= 0.3 is 0 Å². The molecule has 1 fully saturated rings. The molecule has 17 heavy (non-hydrogen) atoms. The second kappa shape index (κ2) is 4.53. The van der Waals surface area contributed by atoms with E-state index in [-0.39, 0.29) is 5.60 Å². The van der Waals surface area contributed by atoms with Gasteiger partial charge in [0.2, 0.25) is 0 Å². The van der Waals surface area contributed by atoms with Crippen molar-refractivity contribution in [1.82, 2.24) is 4.98 Å². The van der Waals surface area contributed by atoms with Crippen LogP contribution in [0.3, 0.4) is 0 Å². The number of ether oxygens (including phenoxy) is 2. The van der Waals surface area contributed by atoms with Crippen molar-refractivity contribution in [3.63, 3.8) is 0 Å². The first-order chi connectivity index (χ1) is 7.98. The van der Waals surface area contributed by atoms with E-state index >= 15 is 0 Å². The number of rotatable bonds is 4. The van der Waals surface area contributed by atoms with Gasteiger partial charge in [0.1, 0.15) is 5.60 Å². The summed E-state index contributed by atoms with van der Waals surface area (Å²) in [5.41, 5.74) is 6.29. The van der Waals surface area contributed by atoms with Gasteiger partial charge in [-0.1, -0.05) is 0 Å². The molecule has 1 saturated carbocycles. The Hall–Kier alpha value is -1.29. The van der Waals surface area contributed by atoms with Crippen LogP contribution in [0, 0.1) is 0 Å². The monoisotopic (exact) mass is 236 g/mol. The average molecular weight is 236 g/mol. The van der Waals surface area contributed by atoms with E-state index in [0.717, 1.165) is 18.4 Å². The molecule has 0 unspecified atom stereocenters. The maximum Gasteiger partial charge on any atom is 0.257 e. The van der Waals surface area contributed by atoms with E-state index in [9.17, 15) is 0 Å². The first-order valence-electron chi connectivity index (χ1n) is 6.02. The molecule has 1 aromatic heterocycles. The van der Waals surface area contributed by atoms with Crippen molar-refractivity contribution in [3.8, 4) is 11.6 Å². The topological polar surface area (TPSA) is 57.4 Å². The lowest BCUT2D eigenvalue weighted by Crippen LogP contribution is -2.24. The van der Waals surface area contributed by atoms with Gasteiger partial charge in [0.25, 0.3) is 5.88 Å². The molecule has 0 saturated heterocycles. The molecule has 1 aliphatic carbocycles. The highest BCUT2D eigenvalue weighted by molar-refractivity contribution is 5.37. The summed E-state index contributed by atoms with van der Waals surface area (Å²) in [5, 5.41) is 0. The molecular weight excluding hydrogens is 216 g/mol. The van der Waals surface area contributed by atoms with Crippen LogP contribution in [-0.4, -0.2) is 16.7 Å². The molecule has 2 N–H and O–H groups in total. The third-order valence-electron chi connectivity index (χ3n) is 2.33. The SMILES string of the molecule is CC(C)(C)Oc1ncc(CN)cc1OC1CC1. The van der Waals surface area contributed by atoms with Crippen LogP contribution in [0.25, 0.3) is 0 Å². The normalized spacial score (nSPS) is 15.8. The second-order valence-corrected chi connectivity index (χ2v) is 5.38. The fourth-order valence-electron chi connectivity index (χ4n) is 1.40. The van der Waals surface area contributed by atoms with Crippen molar-refractivity contribution < 1.29 is 9.47 Å². The Morgan fingerprint density at radius 3 is 2.65 bits per heavy atom. The van der Waals surface area contributed by atoms with Gasteiger partial charge in [0, 0.05) is 12.7 Å². The second-order valence-electron chi connectivity index (χ2n) is 5.38. The minimum Gasteiger partial charge on any atom is -0.485 e. The molecule has 4 heteroatoms. The van der Waals surface area contributed by atoms with Crippen molar-refractivity contribution >= 4 is 0 Å². The molecule has 94 valence electrons. The number of aromatic nitrogens is 1. The number of hydrogen-bond donors (Lipinski definition) is 1. The van der Waals surface area contributed by atoms with Crippen LogP contribution in [0.1, 0.15) is 39.2 Å². The largest absolute Gasteiger partial charge is 0.485 e. The van der Waals surface area contributed by atoms with Gasteiger partial charge in [0.15, 0.2) is 5.75 Å². The Kier molecular flexibility index (Phi) is 3.24. The predicted molar refractivity (Wildman–Crippen MR) is 66.2 cm³/mol. The summed E-state index contributed by atoms with van der Waals surface area (Å²) in [6.07, 6.45) is 4.29. The van der Waals surface area contributed by atoms with E-state index in [4.69, 9.17) is 15.2 Å². The molecule has 0 aliphatic heterocycles. The molecule has 4 nitrogen and oxygen atoms in total. The fraction of sp³-hybridized carbons (Fsp3) is 0.615. The molecule has 0 spiro atoms. The molecule has 1 aliphatic rings. The van der Waals surface area contributed by atoms with E-state index in [1.54, 1.807) is 6.20 Å². The number of pyridine rings is 1. The zero-order valence-corrected chi connectivity index (χ0v) is 10.7. The number of hydrogen-bond acceptors (Lipinski definition) is 4. The maximum atomic E-state index is 5.80. The first kappa shape index (κ1) is 12.2. The van der Waals surface area contributed by atoms with Crippen molar-refractivity contribution in [2.75, 3.05) is 0 Å². The van der Waals surface area contributed by atoms with Crippen LogP contribution in [-0.2, 0) is 6.54 Å². The Balaban J connectivity index is 2.22. The Labute approximate surface area is 102 Å². The van der Waals surface area contributed by atoms with Crippen molar-refractivity contribution in [1.29, 1.82) is 0 Å². The summed E-state index contributed by atoms with van der Waals surface area (Å²) in [7, 11) is 0. The molecule has 0 aromatic carbocycles. The quantitative estimate of drug-likeness (QED) is 0.871. The van der Waals surface area contributed by atoms with Gasteiger partial charge in [-0.25, -0.2) is 4.98 Å². The van der Waals surface area contributed by atoms with Crippen LogP contribution in [0.15, 0.2) is 12.3 Å². The van der Waals surface area contributed by atoms with E-state index in [1.807, 2.05) is 26.8 Å². The van der Waals surface area contributed by atoms with Crippen LogP contribution >= 0.6 is 0 Å². The Morgan fingerprint density at radius 1 is 1.41 bits per heavy atom. The molecule has 0 atom stereocenters. The summed E-state index contributed by atoms with van der Waals surface area (Å²) in [5.74, 6) is 1.27. The van der Waals surface area contributed by atoms with Gasteiger partial charge in [-0.15, -0.1) is 0 Å². The summed E-state index contributed by atoms with van der Waals surface area (Å²) in [6.45, 7) is 6.44. The molecule has 1 aromatic rings. The summed E-state index contributed by atoms with van der Waals surface area (Å²) in [6, 6.07) is 1.92. The molecule has 0 amide bonds. The van der Waals surface area contributed by atoms with Crippen molar-refractivity contribution in [2.24, 2.45) is 5.73 Å². The standard InChI is InChI=1S/C13H20N2O2/c1-13(2,3)17-12-11(16-10-4-5-10)6-9(7-14)8-15-12/h6,8,10H,4-5,7,14H2,1-3H3. The third-order valence-corrected chi connectivity index (χ3v) is 2.33. The zero-order chi connectivity index (χ0) is 12.5. The smallest absolute Gasteiger partial charge is 0.257 e. The average Bonchev–Trinajstić information content (AvgIpc) is 3.02. The van der Waals surface area contributed by atoms with E-state index in [1.165, 1.54) is 0 Å². The minimum absolute atomic E-state index is 0.279. The Morgan fingerprint density at radius 2 is 2.12 bits per heavy atom. The van der Waals surface area contributed by atoms with Crippen molar-refractivity contribution in [3.05, 3.63) is 17.8 Å². The predicted octanol–water partition coefficient (Wildman–Crippen LogP) is 2.26. The highest BCUT2D eigenvalue weighted by Crippen LogP contribution is 2.34. The molecule has 2 rings (SSSR count). The van der Waals surface area contributed by atoms with Crippen LogP contribution in [0.4, 0.5) is 0 Å². The summed E-state index contributed by atoms with van der Waals surface area (Å²) >= 11 is 0. The van der Waals surface area contributed by atoms with Gasteiger partial charge < -0.3 is 15.2 Å². The van der Waals surface area contributed by atoms with Crippen LogP contribution in [0.5, 0.6) is 11.6 Å². The minimum atomic E-state index is -0.279. The Bertz CT molecular complexity index is 395. The van der Waals surface area contributed by atoms with Gasteiger partial charge in [0.05, 0.1) is 6.10 Å². The molecule has 0 radical (unpaired) electrons. The van der Waals surface area contributed by atoms with Crippen LogP contribution < -0.4 is 15.2 Å². The molecule has 0 bridgehead atoms. The zero-order valence-electron chi connectivity index (χ0n) is 10.7. The molecular formula is C13H20N2O2. The van der Waals surface area contributed by atoms with Crippen molar-refractivity contribution in [2.45, 2.75) is 51.9 Å².